The summed E-state index contributed by atoms with van der Waals surface area (Å²) in [5.74, 6) is -0.336. The summed E-state index contributed by atoms with van der Waals surface area (Å²) in [6.07, 6.45) is 0. The Kier molecular flexibility index (Phi) is 7.57. The lowest BCUT2D eigenvalue weighted by Gasteiger charge is -2.21. The average Bonchev–Trinajstić information content (AvgIpc) is 2.06. The second-order valence-corrected chi connectivity index (χ2v) is 2.86. The Balaban J connectivity index is 0.000000226. The van der Waals surface area contributed by atoms with E-state index in [1.165, 1.54) is 20.0 Å². The van der Waals surface area contributed by atoms with Gasteiger partial charge in [-0.15, -0.1) is 0 Å². The molecular formula is C8H19N3O2. The highest BCUT2D eigenvalue weighted by Gasteiger charge is 2.01. The lowest BCUT2D eigenvalue weighted by atomic mass is 10.4. The van der Waals surface area contributed by atoms with E-state index in [1.54, 1.807) is 0 Å². The van der Waals surface area contributed by atoms with Crippen molar-refractivity contribution in [2.24, 2.45) is 5.73 Å². The molecule has 5 heteroatoms. The first-order valence-electron chi connectivity index (χ1n) is 4.39. The summed E-state index contributed by atoms with van der Waals surface area (Å²) in [7, 11) is 2.15. The second-order valence-electron chi connectivity index (χ2n) is 2.86. The number of ether oxygens (including phenoxy) is 1. The molecule has 1 saturated heterocycles. The highest BCUT2D eigenvalue weighted by molar-refractivity contribution is 5.65. The van der Waals surface area contributed by atoms with E-state index in [2.05, 4.69) is 22.0 Å². The van der Waals surface area contributed by atoms with Gasteiger partial charge in [0.2, 0.25) is 0 Å². The van der Waals surface area contributed by atoms with E-state index in [0.717, 1.165) is 13.1 Å². The van der Waals surface area contributed by atoms with Gasteiger partial charge >= 0.3 is 5.97 Å². The molecule has 0 aliphatic carbocycles. The zero-order chi connectivity index (χ0) is 10.1. The van der Waals surface area contributed by atoms with E-state index < -0.39 is 0 Å². The number of nitrogens with one attached hydrogen (secondary N) is 1. The minimum atomic E-state index is -0.336. The Morgan fingerprint density at radius 1 is 1.54 bits per heavy atom. The van der Waals surface area contributed by atoms with Crippen LogP contribution in [0.4, 0.5) is 0 Å². The van der Waals surface area contributed by atoms with Crippen LogP contribution in [0.25, 0.3) is 0 Å². The Morgan fingerprint density at radius 2 is 2.08 bits per heavy atom. The van der Waals surface area contributed by atoms with Crippen LogP contribution in [0.5, 0.6) is 0 Å². The topological polar surface area (TPSA) is 67.6 Å². The van der Waals surface area contributed by atoms with Crippen LogP contribution in [0.2, 0.25) is 0 Å². The molecule has 1 heterocycles. The first-order chi connectivity index (χ1) is 6.16. The normalized spacial score (nSPS) is 17.2. The summed E-state index contributed by atoms with van der Waals surface area (Å²) < 4.78 is 4.18. The van der Waals surface area contributed by atoms with Gasteiger partial charge in [0, 0.05) is 33.1 Å². The molecule has 0 aromatic carbocycles. The molecule has 0 bridgehead atoms. The first-order valence-corrected chi connectivity index (χ1v) is 4.39. The lowest BCUT2D eigenvalue weighted by Crippen LogP contribution is -2.40. The van der Waals surface area contributed by atoms with Gasteiger partial charge in [-0.2, -0.15) is 0 Å². The van der Waals surface area contributed by atoms with E-state index in [1.807, 2.05) is 0 Å². The van der Waals surface area contributed by atoms with Crippen molar-refractivity contribution < 1.29 is 9.53 Å². The molecule has 0 atom stereocenters. The van der Waals surface area contributed by atoms with Gasteiger partial charge in [-0.05, 0) is 7.05 Å². The molecule has 1 aliphatic rings. The standard InChI is InChI=1S/C5H12N2.C3H7NO2/c1-7-4-2-6-3-5-7;1-3(5)6-2-4/h6H,2-5H2,1H3;2,4H2,1H3. The molecule has 0 amide bonds. The number of likely N-dealkylation sites (N-methyl/N-ethyl adjacent to an activating group) is 1. The molecule has 78 valence electrons. The number of nitrogens with two attached hydrogens (primary N) is 1. The predicted octanol–water partition coefficient (Wildman–Crippen LogP) is -1.01. The maximum absolute atomic E-state index is 9.74. The van der Waals surface area contributed by atoms with Crippen LogP contribution >= 0.6 is 0 Å². The van der Waals surface area contributed by atoms with Crippen molar-refractivity contribution in [3.8, 4) is 0 Å². The third kappa shape index (κ3) is 9.26. The number of carbonyl (C=O) groups is 1. The minimum Gasteiger partial charge on any atom is -0.450 e. The summed E-state index contributed by atoms with van der Waals surface area (Å²) in [6.45, 7) is 6.04. The minimum absolute atomic E-state index is 0.0185. The zero-order valence-electron chi connectivity index (χ0n) is 8.38. The fourth-order valence-corrected chi connectivity index (χ4v) is 0.894. The Bertz CT molecular complexity index is 135. The highest BCUT2D eigenvalue weighted by Crippen LogP contribution is 1.83. The van der Waals surface area contributed by atoms with Crippen LogP contribution in [-0.4, -0.2) is 50.8 Å². The van der Waals surface area contributed by atoms with E-state index >= 15 is 0 Å². The Labute approximate surface area is 79.2 Å². The Morgan fingerprint density at radius 3 is 2.23 bits per heavy atom. The number of nitrogens with zero attached hydrogens (tertiary/aromatic N) is 1. The molecule has 0 aromatic heterocycles. The van der Waals surface area contributed by atoms with Gasteiger partial charge in [0.15, 0.2) is 0 Å². The summed E-state index contributed by atoms with van der Waals surface area (Å²) in [4.78, 5) is 12.1. The van der Waals surface area contributed by atoms with Gasteiger partial charge < -0.3 is 15.0 Å². The third-order valence-electron chi connectivity index (χ3n) is 1.63. The zero-order valence-corrected chi connectivity index (χ0v) is 8.38. The summed E-state index contributed by atoms with van der Waals surface area (Å²) in [5, 5.41) is 3.27. The molecule has 13 heavy (non-hydrogen) atoms. The quantitative estimate of drug-likeness (QED) is 0.408. The maximum Gasteiger partial charge on any atom is 0.303 e. The van der Waals surface area contributed by atoms with E-state index in [9.17, 15) is 4.79 Å². The molecule has 0 aromatic rings. The van der Waals surface area contributed by atoms with Crippen molar-refractivity contribution >= 4 is 5.97 Å². The Hall–Kier alpha value is -0.650. The van der Waals surface area contributed by atoms with Gasteiger partial charge in [-0.25, -0.2) is 0 Å². The fourth-order valence-electron chi connectivity index (χ4n) is 0.894. The molecule has 0 spiro atoms. The van der Waals surface area contributed by atoms with Crippen molar-refractivity contribution in [1.82, 2.24) is 10.2 Å². The number of hydrogen-bond donors (Lipinski definition) is 2. The van der Waals surface area contributed by atoms with Gasteiger partial charge in [0.1, 0.15) is 6.73 Å². The molecule has 0 unspecified atom stereocenters. The summed E-state index contributed by atoms with van der Waals surface area (Å²) >= 11 is 0. The van der Waals surface area contributed by atoms with Crippen LogP contribution < -0.4 is 11.1 Å². The number of esters is 1. The second kappa shape index (κ2) is 7.97. The average molecular weight is 189 g/mol. The predicted molar refractivity (Wildman–Crippen MR) is 51.2 cm³/mol. The summed E-state index contributed by atoms with van der Waals surface area (Å²) in [5.41, 5.74) is 4.79. The van der Waals surface area contributed by atoms with Crippen LogP contribution in [-0.2, 0) is 9.53 Å². The van der Waals surface area contributed by atoms with Crippen LogP contribution in [0.15, 0.2) is 0 Å². The number of rotatable bonds is 1. The largest absolute Gasteiger partial charge is 0.450 e. The van der Waals surface area contributed by atoms with Gasteiger partial charge in [-0.3, -0.25) is 10.5 Å². The van der Waals surface area contributed by atoms with Crippen LogP contribution in [0, 0.1) is 0 Å². The monoisotopic (exact) mass is 189 g/mol. The maximum atomic E-state index is 9.74. The van der Waals surface area contributed by atoms with Gasteiger partial charge in [-0.1, -0.05) is 0 Å². The first kappa shape index (κ1) is 12.3. The van der Waals surface area contributed by atoms with Crippen molar-refractivity contribution in [3.05, 3.63) is 0 Å². The molecule has 1 aliphatic heterocycles. The van der Waals surface area contributed by atoms with E-state index in [4.69, 9.17) is 5.73 Å². The third-order valence-corrected chi connectivity index (χ3v) is 1.63. The highest BCUT2D eigenvalue weighted by atomic mass is 16.5. The molecular weight excluding hydrogens is 170 g/mol. The number of hydrogen-bond acceptors (Lipinski definition) is 5. The van der Waals surface area contributed by atoms with Crippen molar-refractivity contribution in [1.29, 1.82) is 0 Å². The smallest absolute Gasteiger partial charge is 0.303 e. The SMILES string of the molecule is CC(=O)OCN.CN1CCNCC1. The molecule has 0 radical (unpaired) electrons. The van der Waals surface area contributed by atoms with Crippen molar-refractivity contribution in [2.75, 3.05) is 40.0 Å². The van der Waals surface area contributed by atoms with Crippen LogP contribution in [0.1, 0.15) is 6.92 Å². The summed E-state index contributed by atoms with van der Waals surface area (Å²) in [6, 6.07) is 0. The van der Waals surface area contributed by atoms with Gasteiger partial charge in [0.25, 0.3) is 0 Å². The molecule has 0 saturated carbocycles. The fraction of sp³-hybridized carbons (Fsp3) is 0.875. The van der Waals surface area contributed by atoms with Crippen LogP contribution in [0.3, 0.4) is 0 Å². The van der Waals surface area contributed by atoms with E-state index in [-0.39, 0.29) is 12.7 Å². The van der Waals surface area contributed by atoms with E-state index in [0.29, 0.717) is 0 Å². The van der Waals surface area contributed by atoms with Crippen molar-refractivity contribution in [2.45, 2.75) is 6.92 Å². The lowest BCUT2D eigenvalue weighted by molar-refractivity contribution is -0.140. The molecule has 1 rings (SSSR count). The molecule has 5 nitrogen and oxygen atoms in total. The number of piperazine rings is 1. The van der Waals surface area contributed by atoms with Gasteiger partial charge in [0.05, 0.1) is 0 Å². The molecule has 3 N–H and O–H groups in total. The molecule has 1 fully saturated rings. The number of carbonyl (C=O) groups excluding carboxylic acids is 1. The van der Waals surface area contributed by atoms with Crippen molar-refractivity contribution in [3.63, 3.8) is 0 Å².